The van der Waals surface area contributed by atoms with Crippen molar-refractivity contribution in [3.63, 3.8) is 0 Å². The third-order valence-corrected chi connectivity index (χ3v) is 5.51. The van der Waals surface area contributed by atoms with Gasteiger partial charge in [-0.3, -0.25) is 4.90 Å². The van der Waals surface area contributed by atoms with Gasteiger partial charge in [-0.25, -0.2) is 0 Å². The largest absolute Gasteiger partial charge is 0.311 e. The highest BCUT2D eigenvalue weighted by Gasteiger charge is 2.40. The zero-order chi connectivity index (χ0) is 14.9. The molecule has 2 rings (SSSR count). The van der Waals surface area contributed by atoms with Gasteiger partial charge in [0.2, 0.25) is 0 Å². The maximum Gasteiger partial charge on any atom is 0.0153 e. The molecular weight excluding hydrogens is 244 g/mol. The van der Waals surface area contributed by atoms with Crippen LogP contribution in [0.3, 0.4) is 0 Å². The minimum Gasteiger partial charge on any atom is -0.311 e. The molecule has 0 spiro atoms. The van der Waals surface area contributed by atoms with Crippen molar-refractivity contribution >= 4 is 0 Å². The Balaban J connectivity index is 2.03. The van der Waals surface area contributed by atoms with Crippen LogP contribution in [0.2, 0.25) is 0 Å². The molecule has 0 unspecified atom stereocenters. The van der Waals surface area contributed by atoms with Crippen molar-refractivity contribution < 1.29 is 0 Å². The summed E-state index contributed by atoms with van der Waals surface area (Å²) in [6.07, 6.45) is 9.90. The Hall–Kier alpha value is -0.0800. The molecule has 20 heavy (non-hydrogen) atoms. The fourth-order valence-corrected chi connectivity index (χ4v) is 4.01. The highest BCUT2D eigenvalue weighted by atomic mass is 15.2. The van der Waals surface area contributed by atoms with Crippen molar-refractivity contribution in [2.24, 2.45) is 5.41 Å². The third-order valence-electron chi connectivity index (χ3n) is 5.51. The van der Waals surface area contributed by atoms with Crippen LogP contribution in [-0.4, -0.2) is 35.6 Å². The molecule has 1 saturated carbocycles. The van der Waals surface area contributed by atoms with Gasteiger partial charge in [-0.15, -0.1) is 0 Å². The first-order valence-electron chi connectivity index (χ1n) is 8.73. The summed E-state index contributed by atoms with van der Waals surface area (Å²) in [6.45, 7) is 15.6. The van der Waals surface area contributed by atoms with Crippen LogP contribution in [0.5, 0.6) is 0 Å². The molecule has 1 heterocycles. The van der Waals surface area contributed by atoms with Gasteiger partial charge in [0.15, 0.2) is 0 Å². The second-order valence-electron chi connectivity index (χ2n) is 9.00. The fourth-order valence-electron chi connectivity index (χ4n) is 4.01. The second-order valence-corrected chi connectivity index (χ2v) is 9.00. The lowest BCUT2D eigenvalue weighted by Crippen LogP contribution is -2.52. The molecule has 0 amide bonds. The maximum absolute atomic E-state index is 3.81. The topological polar surface area (TPSA) is 15.3 Å². The fraction of sp³-hybridized carbons (Fsp3) is 1.00. The van der Waals surface area contributed by atoms with Gasteiger partial charge in [0.05, 0.1) is 0 Å². The van der Waals surface area contributed by atoms with E-state index in [1.807, 2.05) is 0 Å². The number of nitrogens with zero attached hydrogens (tertiary/aromatic N) is 1. The minimum absolute atomic E-state index is 0.241. The van der Waals surface area contributed by atoms with E-state index in [0.29, 0.717) is 11.0 Å². The summed E-state index contributed by atoms with van der Waals surface area (Å²) in [5.74, 6) is 0. The molecule has 0 aromatic carbocycles. The molecule has 1 aliphatic heterocycles. The van der Waals surface area contributed by atoms with Crippen molar-refractivity contribution in [3.05, 3.63) is 0 Å². The Labute approximate surface area is 126 Å². The monoisotopic (exact) mass is 280 g/mol. The van der Waals surface area contributed by atoms with Gasteiger partial charge in [-0.1, -0.05) is 19.3 Å². The molecule has 0 aromatic rings. The zero-order valence-electron chi connectivity index (χ0n) is 14.5. The van der Waals surface area contributed by atoms with Crippen LogP contribution < -0.4 is 5.32 Å². The third kappa shape index (κ3) is 4.21. The first kappa shape index (κ1) is 16.3. The predicted molar refractivity (Wildman–Crippen MR) is 88.2 cm³/mol. The van der Waals surface area contributed by atoms with Gasteiger partial charge in [0.1, 0.15) is 0 Å². The standard InChI is InChI=1S/C18H36N2/c1-16(2,3)19-14-18(11-7-6-8-12-18)15-20-13-9-10-17(20,4)5/h19H,6-15H2,1-5H3. The van der Waals surface area contributed by atoms with E-state index in [0.717, 1.165) is 0 Å². The van der Waals surface area contributed by atoms with Gasteiger partial charge in [0.25, 0.3) is 0 Å². The van der Waals surface area contributed by atoms with Crippen molar-refractivity contribution in [2.45, 2.75) is 90.6 Å². The Morgan fingerprint density at radius 2 is 1.60 bits per heavy atom. The number of rotatable bonds is 4. The first-order valence-corrected chi connectivity index (χ1v) is 8.73. The van der Waals surface area contributed by atoms with Gasteiger partial charge in [-0.05, 0) is 72.3 Å². The van der Waals surface area contributed by atoms with Crippen molar-refractivity contribution in [1.82, 2.24) is 10.2 Å². The van der Waals surface area contributed by atoms with Crippen LogP contribution in [0.25, 0.3) is 0 Å². The molecule has 2 nitrogen and oxygen atoms in total. The quantitative estimate of drug-likeness (QED) is 0.830. The van der Waals surface area contributed by atoms with Gasteiger partial charge in [-0.2, -0.15) is 0 Å². The molecular formula is C18H36N2. The highest BCUT2D eigenvalue weighted by Crippen LogP contribution is 2.40. The zero-order valence-corrected chi connectivity index (χ0v) is 14.5. The SMILES string of the molecule is CC(C)(C)NCC1(CN2CCCC2(C)C)CCCCC1. The number of nitrogens with one attached hydrogen (secondary N) is 1. The van der Waals surface area contributed by atoms with Crippen LogP contribution in [0.4, 0.5) is 0 Å². The maximum atomic E-state index is 3.81. The van der Waals surface area contributed by atoms with Gasteiger partial charge < -0.3 is 5.32 Å². The van der Waals surface area contributed by atoms with E-state index < -0.39 is 0 Å². The summed E-state index contributed by atoms with van der Waals surface area (Å²) in [6, 6.07) is 0. The van der Waals surface area contributed by atoms with E-state index >= 15 is 0 Å². The van der Waals surface area contributed by atoms with Crippen molar-refractivity contribution in [2.75, 3.05) is 19.6 Å². The van der Waals surface area contributed by atoms with E-state index in [2.05, 4.69) is 44.8 Å². The molecule has 2 fully saturated rings. The summed E-state index contributed by atoms with van der Waals surface area (Å²) < 4.78 is 0. The molecule has 0 bridgehead atoms. The smallest absolute Gasteiger partial charge is 0.0153 e. The highest BCUT2D eigenvalue weighted by molar-refractivity contribution is 4.95. The van der Waals surface area contributed by atoms with E-state index in [-0.39, 0.29) is 5.54 Å². The molecule has 1 N–H and O–H groups in total. The van der Waals surface area contributed by atoms with E-state index in [1.165, 1.54) is 64.6 Å². The van der Waals surface area contributed by atoms with E-state index in [4.69, 9.17) is 0 Å². The molecule has 118 valence electrons. The van der Waals surface area contributed by atoms with Gasteiger partial charge >= 0.3 is 0 Å². The lowest BCUT2D eigenvalue weighted by molar-refractivity contribution is 0.0608. The Kier molecular flexibility index (Phi) is 4.86. The molecule has 0 radical (unpaired) electrons. The van der Waals surface area contributed by atoms with E-state index in [9.17, 15) is 0 Å². The Morgan fingerprint density at radius 3 is 2.10 bits per heavy atom. The van der Waals surface area contributed by atoms with Crippen LogP contribution in [0.15, 0.2) is 0 Å². The molecule has 2 aliphatic rings. The second kappa shape index (κ2) is 5.96. The number of likely N-dealkylation sites (tertiary alicyclic amines) is 1. The van der Waals surface area contributed by atoms with Crippen LogP contribution in [0, 0.1) is 5.41 Å². The normalized spacial score (nSPS) is 26.9. The lowest BCUT2D eigenvalue weighted by atomic mass is 9.72. The number of hydrogen-bond acceptors (Lipinski definition) is 2. The molecule has 1 aliphatic carbocycles. The summed E-state index contributed by atoms with van der Waals surface area (Å²) in [5.41, 5.74) is 1.18. The summed E-state index contributed by atoms with van der Waals surface area (Å²) >= 11 is 0. The Morgan fingerprint density at radius 1 is 0.950 bits per heavy atom. The number of hydrogen-bond donors (Lipinski definition) is 1. The van der Waals surface area contributed by atoms with Crippen LogP contribution in [-0.2, 0) is 0 Å². The summed E-state index contributed by atoms with van der Waals surface area (Å²) in [7, 11) is 0. The van der Waals surface area contributed by atoms with Crippen molar-refractivity contribution in [1.29, 1.82) is 0 Å². The molecule has 0 atom stereocenters. The summed E-state index contributed by atoms with van der Waals surface area (Å²) in [5, 5.41) is 3.81. The van der Waals surface area contributed by atoms with E-state index in [1.54, 1.807) is 0 Å². The average molecular weight is 280 g/mol. The molecule has 2 heteroatoms. The molecule has 0 aromatic heterocycles. The lowest BCUT2D eigenvalue weighted by Gasteiger charge is -2.45. The van der Waals surface area contributed by atoms with Crippen LogP contribution in [0.1, 0.15) is 79.6 Å². The van der Waals surface area contributed by atoms with Crippen molar-refractivity contribution in [3.8, 4) is 0 Å². The Bertz CT molecular complexity index is 308. The van der Waals surface area contributed by atoms with Crippen LogP contribution >= 0.6 is 0 Å². The minimum atomic E-state index is 0.241. The average Bonchev–Trinajstić information content (AvgIpc) is 2.67. The summed E-state index contributed by atoms with van der Waals surface area (Å²) in [4.78, 5) is 2.78. The van der Waals surface area contributed by atoms with Gasteiger partial charge in [0, 0.05) is 24.2 Å². The molecule has 1 saturated heterocycles. The first-order chi connectivity index (χ1) is 9.23. The predicted octanol–water partition coefficient (Wildman–Crippen LogP) is 4.20.